The number of methoxy groups -OCH3 is 1. The molecule has 5 N–H and O–H groups in total. The lowest BCUT2D eigenvalue weighted by Gasteiger charge is -2.37. The predicted molar refractivity (Wildman–Crippen MR) is 410 cm³/mol. The van der Waals surface area contributed by atoms with Gasteiger partial charge in [0.25, 0.3) is 11.4 Å². The highest BCUT2D eigenvalue weighted by atomic mass is 79.9. The molecule has 6 fully saturated rings. The topological polar surface area (TPSA) is 312 Å². The van der Waals surface area contributed by atoms with Crippen molar-refractivity contribution in [1.29, 1.82) is 0 Å². The predicted octanol–water partition coefficient (Wildman–Crippen LogP) is 13.8. The number of morpholine rings is 2. The van der Waals surface area contributed by atoms with Crippen LogP contribution in [0.25, 0.3) is 0 Å². The van der Waals surface area contributed by atoms with Crippen molar-refractivity contribution < 1.29 is 107 Å². The maximum absolute atomic E-state index is 13.0. The SMILES string of the molecule is C.C.C.C.C.C.C1=C(N2CCOCC2)CCC2(C1)OCCO2.C1COCCN1.CC(=O)/C(CBr)=N/O.CCCN(CCOC)S(F)(F)F.CCOC(=O)c1cc2c([nH]1)CC=C(F)C2.CCOC(=O)c1cc2c([nH]1)CCC(=O)C2.CCOC(=O)c1cc2c([nH]1)CCC1(C2)OCCO1.O=C1CCC2(CC1)OCCO2. The summed E-state index contributed by atoms with van der Waals surface area (Å²) < 4.78 is 113. The first-order chi connectivity index (χ1) is 48.6. The molecule has 107 heavy (non-hydrogen) atoms. The molecule has 3 aromatic heterocycles. The van der Waals surface area contributed by atoms with Crippen molar-refractivity contribution in [3.05, 3.63) is 92.7 Å². The summed E-state index contributed by atoms with van der Waals surface area (Å²) in [5, 5.41) is 14.2. The van der Waals surface area contributed by atoms with Crippen LogP contribution in [0, 0.1) is 0 Å². The Kier molecular flexibility index (Phi) is 49.4. The summed E-state index contributed by atoms with van der Waals surface area (Å²) in [5.41, 5.74) is 8.87. The molecule has 13 rings (SSSR count). The van der Waals surface area contributed by atoms with E-state index in [1.165, 1.54) is 25.8 Å². The summed E-state index contributed by atoms with van der Waals surface area (Å²) in [5.74, 6) is -1.92. The number of hydrogen-bond acceptors (Lipinski definition) is 23. The largest absolute Gasteiger partial charge is 0.461 e. The molecule has 0 unspecified atom stereocenters. The molecule has 1 saturated carbocycles. The Morgan fingerprint density at radius 3 is 1.50 bits per heavy atom. The number of H-pyrrole nitrogens is 3. The van der Waals surface area contributed by atoms with E-state index in [1.807, 2.05) is 6.07 Å². The molecule has 3 aromatic rings. The summed E-state index contributed by atoms with van der Waals surface area (Å²) in [6.45, 7) is 21.4. The van der Waals surface area contributed by atoms with Crippen molar-refractivity contribution in [2.24, 2.45) is 5.16 Å². The second-order valence-electron chi connectivity index (χ2n) is 24.4. The molecule has 10 aliphatic rings. The van der Waals surface area contributed by atoms with Crippen LogP contribution < -0.4 is 5.32 Å². The highest BCUT2D eigenvalue weighted by Gasteiger charge is 2.42. The van der Waals surface area contributed by atoms with Gasteiger partial charge in [0.2, 0.25) is 0 Å². The average Bonchev–Trinajstić information content (AvgIpc) is 1.65. The number of Topliss-reactive ketones (excluding diaryl/α,β-unsaturated/α-hetero) is 3. The fourth-order valence-corrected chi connectivity index (χ4v) is 13.2. The van der Waals surface area contributed by atoms with E-state index in [-0.39, 0.29) is 123 Å². The van der Waals surface area contributed by atoms with Gasteiger partial charge in [-0.1, -0.05) is 78.6 Å². The number of ether oxygens (including phenoxy) is 12. The molecule has 5 aliphatic carbocycles. The summed E-state index contributed by atoms with van der Waals surface area (Å²) in [7, 11) is 1.40. The molecule has 5 saturated heterocycles. The molecule has 0 radical (unpaired) electrons. The first-order valence-corrected chi connectivity index (χ1v) is 37.1. The Morgan fingerprint density at radius 2 is 1.07 bits per heavy atom. The molecular formula is C75H126BrF4N7O19S. The van der Waals surface area contributed by atoms with E-state index in [9.17, 15) is 44.8 Å². The summed E-state index contributed by atoms with van der Waals surface area (Å²) >= 11 is -2.08. The lowest BCUT2D eigenvalue weighted by atomic mass is 9.92. The van der Waals surface area contributed by atoms with Crippen LogP contribution in [-0.4, -0.2) is 232 Å². The first-order valence-electron chi connectivity index (χ1n) is 34.7. The Bertz CT molecular complexity index is 3160. The van der Waals surface area contributed by atoms with Gasteiger partial charge < -0.3 is 87.2 Å². The molecule has 0 aromatic carbocycles. The number of carbonyl (C=O) groups excluding carboxylic acids is 6. The number of esters is 3. The Balaban J connectivity index is 0.00000121. The molecule has 5 aliphatic heterocycles. The van der Waals surface area contributed by atoms with Gasteiger partial charge in [-0.2, -0.15) is 4.31 Å². The van der Waals surface area contributed by atoms with Crippen LogP contribution in [0.5, 0.6) is 0 Å². The van der Waals surface area contributed by atoms with Gasteiger partial charge in [0, 0.05) is 153 Å². The highest BCUT2D eigenvalue weighted by Crippen LogP contribution is 2.56. The van der Waals surface area contributed by atoms with Gasteiger partial charge in [0.15, 0.2) is 23.1 Å². The van der Waals surface area contributed by atoms with Crippen molar-refractivity contribution in [3.63, 3.8) is 0 Å². The normalized spacial score (nSPS) is 18.8. The molecule has 8 heterocycles. The fraction of sp³-hybridized carbons (Fsp3) is 0.693. The minimum atomic E-state index is -5.05. The van der Waals surface area contributed by atoms with Crippen LogP contribution in [0.4, 0.5) is 16.0 Å². The zero-order valence-corrected chi connectivity index (χ0v) is 61.4. The standard InChI is InChI=1S/C13H17NO4.C12H19NO3.C11H12FNO2.C11H13NO3.C8H12O3.C6H14F3NOS.C4H6BrNO2.C4H9NO.6CH4/c1-2-16-12(15)11-7-9-8-13(17-5-6-18-13)4-3-10(9)14-11;1-3-12(15-9-10-16-12)4-2-11(1)13-5-7-14-8-6-13;1-2-15-11(14)10-6-7-5-8(12)3-4-9(7)13-10;1-2-15-11(14)10-6-7-5-8(13)3-4-9(7)12-10;9-7-1-3-8(4-2-7)10-5-6-11-8;1-3-4-10(5-6-11-2)12(7,8)9;1-3(7)4(2-5)6-8;1-3-6-4-2-5-1;;;;;;/h7,14H,2-6,8H2,1H3;1H,2-10H2;3,6,13H,2,4-5H2,1H3;6,12H,2-5H2,1H3;1-6H2;3-6H2,1-2H3;8H,2H2,1H3;5H,1-4H2;6*1H4/b;;;;;;6-4+;;;;;;;. The quantitative estimate of drug-likeness (QED) is 0.0180. The molecule has 3 spiro atoms. The number of aromatic nitrogens is 3. The van der Waals surface area contributed by atoms with Gasteiger partial charge in [-0.15, -0.1) is 11.7 Å². The monoisotopic (exact) mass is 1620 g/mol. The zero-order valence-electron chi connectivity index (χ0n) is 59.0. The number of alkyl halides is 1. The molecule has 616 valence electrons. The van der Waals surface area contributed by atoms with E-state index in [2.05, 4.69) is 57.1 Å². The third-order valence-electron chi connectivity index (χ3n) is 17.3. The van der Waals surface area contributed by atoms with Crippen LogP contribution >= 0.6 is 27.3 Å². The van der Waals surface area contributed by atoms with Gasteiger partial charge in [-0.05, 0) is 87.4 Å². The van der Waals surface area contributed by atoms with Crippen molar-refractivity contribution >= 4 is 68.3 Å². The van der Waals surface area contributed by atoms with Crippen LogP contribution in [0.2, 0.25) is 0 Å². The number of fused-ring (bicyclic) bond motifs is 3. The summed E-state index contributed by atoms with van der Waals surface area (Å²) in [6.07, 6.45) is 14.9. The average molecular weight is 1620 g/mol. The number of aryl methyl sites for hydroxylation is 2. The maximum atomic E-state index is 13.0. The van der Waals surface area contributed by atoms with Gasteiger partial charge in [-0.3, -0.25) is 14.4 Å². The number of aromatic amines is 3. The van der Waals surface area contributed by atoms with Crippen molar-refractivity contribution in [1.82, 2.24) is 29.5 Å². The van der Waals surface area contributed by atoms with E-state index in [4.69, 9.17) is 57.3 Å². The second-order valence-corrected chi connectivity index (χ2v) is 26.3. The molecule has 32 heteroatoms. The lowest BCUT2D eigenvalue weighted by Crippen LogP contribution is -2.39. The molecule has 26 nitrogen and oxygen atoms in total. The number of halogens is 5. The van der Waals surface area contributed by atoms with Crippen molar-refractivity contribution in [2.45, 2.75) is 199 Å². The molecule has 0 atom stereocenters. The van der Waals surface area contributed by atoms with E-state index in [0.717, 1.165) is 145 Å². The van der Waals surface area contributed by atoms with Crippen molar-refractivity contribution in [3.8, 4) is 0 Å². The van der Waals surface area contributed by atoms with E-state index in [0.29, 0.717) is 130 Å². The van der Waals surface area contributed by atoms with Crippen LogP contribution in [0.15, 0.2) is 47.0 Å². The number of allylic oxidation sites excluding steroid dienone is 3. The smallest absolute Gasteiger partial charge is 0.354 e. The number of hydrogen-bond donors (Lipinski definition) is 5. The van der Waals surface area contributed by atoms with Gasteiger partial charge >= 0.3 is 17.9 Å². The lowest BCUT2D eigenvalue weighted by molar-refractivity contribution is -0.179. The number of nitrogens with one attached hydrogen (secondary N) is 4. The number of rotatable bonds is 15. The van der Waals surface area contributed by atoms with E-state index >= 15 is 0 Å². The summed E-state index contributed by atoms with van der Waals surface area (Å²) in [4.78, 5) is 78.4. The van der Waals surface area contributed by atoms with Gasteiger partial charge in [0.05, 0.1) is 97.8 Å². The third-order valence-corrected chi connectivity index (χ3v) is 18.7. The Labute approximate surface area is 642 Å². The van der Waals surface area contributed by atoms with E-state index in [1.54, 1.807) is 39.8 Å². The fourth-order valence-electron chi connectivity index (χ4n) is 12.0. The van der Waals surface area contributed by atoms with Crippen LogP contribution in [-0.2, 0) is 110 Å². The number of carbonyl (C=O) groups is 6. The second kappa shape index (κ2) is 52.3. The molecule has 0 amide bonds. The minimum absolute atomic E-state index is 0. The minimum Gasteiger partial charge on any atom is -0.461 e. The van der Waals surface area contributed by atoms with Crippen LogP contribution in [0.1, 0.15) is 209 Å². The molecular weight excluding hydrogens is 1490 g/mol. The summed E-state index contributed by atoms with van der Waals surface area (Å²) in [6, 6.07) is 5.25. The first kappa shape index (κ1) is 101. The third kappa shape index (κ3) is 33.3. The Morgan fingerprint density at radius 1 is 0.598 bits per heavy atom. The number of oxime groups is 1. The van der Waals surface area contributed by atoms with Crippen molar-refractivity contribution in [2.75, 3.05) is 144 Å². The van der Waals surface area contributed by atoms with E-state index < -0.39 is 17.2 Å². The Hall–Kier alpha value is -5.88. The maximum Gasteiger partial charge on any atom is 0.354 e. The number of nitrogens with zero attached hydrogens (tertiary/aromatic N) is 3. The number of ketones is 3. The van der Waals surface area contributed by atoms with Gasteiger partial charge in [0.1, 0.15) is 40.2 Å². The van der Waals surface area contributed by atoms with Crippen LogP contribution in [0.3, 0.4) is 0 Å². The zero-order chi connectivity index (χ0) is 73.3. The molecule has 0 bridgehead atoms. The van der Waals surface area contributed by atoms with Gasteiger partial charge in [-0.25, -0.2) is 18.8 Å². The highest BCUT2D eigenvalue weighted by molar-refractivity contribution is 9.09.